The molecule has 0 spiro atoms. The van der Waals surface area contributed by atoms with Crippen LogP contribution in [0.5, 0.6) is 11.5 Å². The van der Waals surface area contributed by atoms with Gasteiger partial charge in [0, 0.05) is 6.20 Å². The van der Waals surface area contributed by atoms with Crippen LogP contribution in [0.2, 0.25) is 0 Å². The number of aromatic nitrogens is 1. The van der Waals surface area contributed by atoms with Crippen molar-refractivity contribution in [2.45, 2.75) is 46.1 Å². The predicted octanol–water partition coefficient (Wildman–Crippen LogP) is 6.21. The zero-order valence-electron chi connectivity index (χ0n) is 21.3. The molecule has 190 valence electrons. The van der Waals surface area contributed by atoms with E-state index in [-0.39, 0.29) is 11.2 Å². The quantitative estimate of drug-likeness (QED) is 0.255. The Kier molecular flexibility index (Phi) is 6.95. The summed E-state index contributed by atoms with van der Waals surface area (Å²) < 4.78 is 18.0. The van der Waals surface area contributed by atoms with Crippen LogP contribution in [0.1, 0.15) is 66.4 Å². The van der Waals surface area contributed by atoms with E-state index >= 15 is 0 Å². The topological polar surface area (TPSA) is 81.9 Å². The third-order valence-corrected chi connectivity index (χ3v) is 6.51. The molecular formula is C30H30N2O5. The lowest BCUT2D eigenvalue weighted by atomic mass is 9.98. The second-order valence-corrected chi connectivity index (χ2v) is 9.14. The lowest BCUT2D eigenvalue weighted by molar-refractivity contribution is 0.0970. The van der Waals surface area contributed by atoms with Crippen molar-refractivity contribution >= 4 is 22.7 Å². The van der Waals surface area contributed by atoms with Crippen molar-refractivity contribution in [3.05, 3.63) is 93.5 Å². The highest BCUT2D eigenvalue weighted by atomic mass is 16.5. The highest BCUT2D eigenvalue weighted by Gasteiger charge is 2.44. The van der Waals surface area contributed by atoms with Crippen LogP contribution < -0.4 is 19.8 Å². The van der Waals surface area contributed by atoms with Crippen molar-refractivity contribution in [1.82, 2.24) is 4.98 Å². The van der Waals surface area contributed by atoms with Crippen molar-refractivity contribution in [3.8, 4) is 11.5 Å². The number of pyridine rings is 1. The molecule has 4 aromatic rings. The van der Waals surface area contributed by atoms with Crippen molar-refractivity contribution in [1.29, 1.82) is 0 Å². The Balaban J connectivity index is 1.66. The smallest absolute Gasteiger partial charge is 0.296 e. The summed E-state index contributed by atoms with van der Waals surface area (Å²) >= 11 is 0. The Morgan fingerprint density at radius 3 is 2.57 bits per heavy atom. The molecule has 7 heteroatoms. The predicted molar refractivity (Wildman–Crippen MR) is 143 cm³/mol. The highest BCUT2D eigenvalue weighted by Crippen LogP contribution is 2.42. The van der Waals surface area contributed by atoms with Gasteiger partial charge in [0.05, 0.1) is 30.2 Å². The number of rotatable bonds is 9. The lowest BCUT2D eigenvalue weighted by Crippen LogP contribution is -2.30. The van der Waals surface area contributed by atoms with Crippen LogP contribution in [0, 0.1) is 6.92 Å². The first-order chi connectivity index (χ1) is 18.0. The molecule has 0 unspecified atom stereocenters. The first-order valence-electron chi connectivity index (χ1n) is 12.7. The molecule has 0 saturated carbocycles. The van der Waals surface area contributed by atoms with E-state index in [0.29, 0.717) is 52.6 Å². The molecule has 5 rings (SSSR count). The van der Waals surface area contributed by atoms with E-state index in [2.05, 4.69) is 11.9 Å². The van der Waals surface area contributed by atoms with Gasteiger partial charge in [-0.2, -0.15) is 0 Å². The molecule has 1 amide bonds. The molecule has 0 bridgehead atoms. The lowest BCUT2D eigenvalue weighted by Gasteiger charge is -2.25. The minimum absolute atomic E-state index is 0.0360. The molecule has 0 aliphatic carbocycles. The number of para-hydroxylation sites is 1. The van der Waals surface area contributed by atoms with Gasteiger partial charge in [-0.25, -0.2) is 4.98 Å². The third kappa shape index (κ3) is 4.57. The summed E-state index contributed by atoms with van der Waals surface area (Å²) in [6.07, 6.45) is 4.85. The summed E-state index contributed by atoms with van der Waals surface area (Å²) in [5.74, 6) is 1.27. The van der Waals surface area contributed by atoms with Crippen LogP contribution in [0.25, 0.3) is 11.0 Å². The summed E-state index contributed by atoms with van der Waals surface area (Å²) in [4.78, 5) is 33.5. The normalized spacial score (nSPS) is 14.7. The van der Waals surface area contributed by atoms with E-state index < -0.39 is 11.9 Å². The summed E-state index contributed by atoms with van der Waals surface area (Å²) in [5, 5.41) is 0.429. The average Bonchev–Trinajstić information content (AvgIpc) is 3.20. The van der Waals surface area contributed by atoms with Gasteiger partial charge in [0.15, 0.2) is 16.9 Å². The maximum atomic E-state index is 13.7. The molecule has 1 atom stereocenters. The maximum absolute atomic E-state index is 13.7. The first-order valence-corrected chi connectivity index (χ1v) is 12.7. The molecule has 0 saturated heterocycles. The molecule has 2 aromatic carbocycles. The number of carbonyl (C=O) groups is 1. The summed E-state index contributed by atoms with van der Waals surface area (Å²) in [6, 6.07) is 15.5. The Morgan fingerprint density at radius 2 is 1.81 bits per heavy atom. The van der Waals surface area contributed by atoms with Crippen LogP contribution in [0.4, 0.5) is 5.82 Å². The Bertz CT molecular complexity index is 1490. The van der Waals surface area contributed by atoms with Crippen LogP contribution in [0.15, 0.2) is 70.0 Å². The molecule has 37 heavy (non-hydrogen) atoms. The minimum atomic E-state index is -0.730. The summed E-state index contributed by atoms with van der Waals surface area (Å²) in [7, 11) is 0. The van der Waals surface area contributed by atoms with Gasteiger partial charge in [-0.05, 0) is 61.7 Å². The van der Waals surface area contributed by atoms with Crippen molar-refractivity contribution in [3.63, 3.8) is 0 Å². The van der Waals surface area contributed by atoms with Gasteiger partial charge in [0.1, 0.15) is 11.4 Å². The van der Waals surface area contributed by atoms with Gasteiger partial charge >= 0.3 is 0 Å². The van der Waals surface area contributed by atoms with Gasteiger partial charge in [-0.3, -0.25) is 14.5 Å². The molecule has 0 N–H and O–H groups in total. The summed E-state index contributed by atoms with van der Waals surface area (Å²) in [5.41, 5.74) is 2.12. The molecule has 0 fully saturated rings. The van der Waals surface area contributed by atoms with Crippen LogP contribution >= 0.6 is 0 Å². The van der Waals surface area contributed by atoms with Crippen molar-refractivity contribution in [2.24, 2.45) is 0 Å². The Labute approximate surface area is 215 Å². The fourth-order valence-electron chi connectivity index (χ4n) is 4.69. The number of anilines is 1. The van der Waals surface area contributed by atoms with Gasteiger partial charge in [0.2, 0.25) is 5.76 Å². The number of hydrogen-bond donors (Lipinski definition) is 0. The second kappa shape index (κ2) is 10.5. The molecule has 1 aliphatic heterocycles. The van der Waals surface area contributed by atoms with Gasteiger partial charge in [-0.1, -0.05) is 44.0 Å². The molecule has 7 nitrogen and oxygen atoms in total. The van der Waals surface area contributed by atoms with Crippen LogP contribution in [-0.2, 0) is 0 Å². The molecule has 3 heterocycles. The van der Waals surface area contributed by atoms with Crippen molar-refractivity contribution < 1.29 is 18.7 Å². The summed E-state index contributed by atoms with van der Waals surface area (Å²) in [6.45, 7) is 7.03. The third-order valence-electron chi connectivity index (χ3n) is 6.51. The molecule has 0 radical (unpaired) electrons. The van der Waals surface area contributed by atoms with Crippen LogP contribution in [0.3, 0.4) is 0 Å². The Hall–Kier alpha value is -4.13. The van der Waals surface area contributed by atoms with E-state index in [9.17, 15) is 9.59 Å². The number of carbonyl (C=O) groups excluding carboxylic acids is 1. The van der Waals surface area contributed by atoms with Gasteiger partial charge in [-0.15, -0.1) is 0 Å². The van der Waals surface area contributed by atoms with Crippen molar-refractivity contribution in [2.75, 3.05) is 18.1 Å². The number of aryl methyl sites for hydroxylation is 1. The highest BCUT2D eigenvalue weighted by molar-refractivity contribution is 6.10. The number of nitrogens with zero attached hydrogens (tertiary/aromatic N) is 2. The van der Waals surface area contributed by atoms with E-state index in [1.54, 1.807) is 36.5 Å². The minimum Gasteiger partial charge on any atom is -0.490 e. The van der Waals surface area contributed by atoms with E-state index in [4.69, 9.17) is 13.9 Å². The van der Waals surface area contributed by atoms with E-state index in [1.165, 1.54) is 4.90 Å². The van der Waals surface area contributed by atoms with E-state index in [0.717, 1.165) is 24.8 Å². The largest absolute Gasteiger partial charge is 0.490 e. The molecular weight excluding hydrogens is 468 g/mol. The molecule has 2 aromatic heterocycles. The number of ether oxygens (including phenoxy) is 2. The van der Waals surface area contributed by atoms with E-state index in [1.807, 2.05) is 38.1 Å². The molecule has 1 aliphatic rings. The standard InChI is InChI=1S/C30H30N2O5/c1-4-6-9-16-36-23-14-13-20(17-24(23)35-5-2)27-26-28(33)21-10-7-8-11-22(21)37-29(26)30(34)32(27)25-15-12-19(3)18-31-25/h7-8,10-15,17-18,27H,4-6,9,16H2,1-3H3/t27-/m1/s1. The average molecular weight is 499 g/mol. The van der Waals surface area contributed by atoms with Gasteiger partial charge < -0.3 is 13.9 Å². The Morgan fingerprint density at radius 1 is 0.973 bits per heavy atom. The fourth-order valence-corrected chi connectivity index (χ4v) is 4.69. The second-order valence-electron chi connectivity index (χ2n) is 9.14. The van der Waals surface area contributed by atoms with Crippen LogP contribution in [-0.4, -0.2) is 24.1 Å². The number of amides is 1. The zero-order valence-corrected chi connectivity index (χ0v) is 21.3. The first kappa shape index (κ1) is 24.6. The van der Waals surface area contributed by atoms with Gasteiger partial charge in [0.25, 0.3) is 5.91 Å². The fraction of sp³-hybridized carbons (Fsp3) is 0.300. The number of unbranched alkanes of at least 4 members (excludes halogenated alkanes) is 2. The number of hydrogen-bond acceptors (Lipinski definition) is 6. The number of fused-ring (bicyclic) bond motifs is 2. The maximum Gasteiger partial charge on any atom is 0.296 e. The number of benzene rings is 2. The zero-order chi connectivity index (χ0) is 25.9. The monoisotopic (exact) mass is 498 g/mol. The SMILES string of the molecule is CCCCCOc1ccc([C@@H]2c3c(oc4ccccc4c3=O)C(=O)N2c2ccc(C)cn2)cc1OCC.